The normalized spacial score (nSPS) is 14.1. The summed E-state index contributed by atoms with van der Waals surface area (Å²) in [6.45, 7) is 3.03. The van der Waals surface area contributed by atoms with E-state index in [1.54, 1.807) is 6.07 Å². The highest BCUT2D eigenvalue weighted by atomic mass is 16.5. The van der Waals surface area contributed by atoms with Crippen LogP contribution in [0.2, 0.25) is 0 Å². The lowest BCUT2D eigenvalue weighted by atomic mass is 10.4. The number of nitrogens with zero attached hydrogens (tertiary/aromatic N) is 2. The number of ether oxygens (including phenoxy) is 1. The number of hydrogen-bond donors (Lipinski definition) is 2. The number of rotatable bonds is 7. The maximum atomic E-state index is 11.4. The van der Waals surface area contributed by atoms with Gasteiger partial charge in [0.1, 0.15) is 12.1 Å². The molecule has 6 nitrogen and oxygen atoms in total. The van der Waals surface area contributed by atoms with Crippen molar-refractivity contribution in [3.05, 3.63) is 12.4 Å². The largest absolute Gasteiger partial charge is 0.478 e. The molecule has 0 aliphatic heterocycles. The molecule has 1 heterocycles. The van der Waals surface area contributed by atoms with Crippen LogP contribution in [0.4, 0.5) is 5.82 Å². The Bertz CT molecular complexity index is 407. The molecule has 1 amide bonds. The molecule has 1 aliphatic rings. The molecule has 0 radical (unpaired) electrons. The van der Waals surface area contributed by atoms with Crippen molar-refractivity contribution in [2.45, 2.75) is 32.2 Å². The quantitative estimate of drug-likeness (QED) is 0.753. The van der Waals surface area contributed by atoms with Crippen LogP contribution >= 0.6 is 0 Å². The van der Waals surface area contributed by atoms with Crippen LogP contribution in [-0.4, -0.2) is 35.1 Å². The van der Waals surface area contributed by atoms with Crippen molar-refractivity contribution in [3.63, 3.8) is 0 Å². The summed E-state index contributed by atoms with van der Waals surface area (Å²) in [5.41, 5.74) is 0. The van der Waals surface area contributed by atoms with Crippen molar-refractivity contribution in [3.8, 4) is 5.88 Å². The zero-order chi connectivity index (χ0) is 12.8. The topological polar surface area (TPSA) is 76.1 Å². The van der Waals surface area contributed by atoms with E-state index in [0.717, 1.165) is 12.8 Å². The Morgan fingerprint density at radius 1 is 1.50 bits per heavy atom. The molecule has 1 aromatic heterocycles. The van der Waals surface area contributed by atoms with Gasteiger partial charge < -0.3 is 15.4 Å². The lowest BCUT2D eigenvalue weighted by Crippen LogP contribution is -2.27. The Hall–Kier alpha value is -1.85. The van der Waals surface area contributed by atoms with E-state index in [1.165, 1.54) is 6.33 Å². The molecule has 0 bridgehead atoms. The molecule has 1 aromatic rings. The van der Waals surface area contributed by atoms with Gasteiger partial charge in [-0.25, -0.2) is 9.97 Å². The van der Waals surface area contributed by atoms with Gasteiger partial charge in [0.2, 0.25) is 11.8 Å². The van der Waals surface area contributed by atoms with Crippen LogP contribution in [0.5, 0.6) is 5.88 Å². The van der Waals surface area contributed by atoms with Crippen molar-refractivity contribution in [1.29, 1.82) is 0 Å². The van der Waals surface area contributed by atoms with Gasteiger partial charge in [0, 0.05) is 25.1 Å². The predicted octanol–water partition coefficient (Wildman–Crippen LogP) is 0.956. The molecule has 1 fully saturated rings. The molecule has 0 spiro atoms. The summed E-state index contributed by atoms with van der Waals surface area (Å²) >= 11 is 0. The molecule has 2 N–H and O–H groups in total. The molecule has 98 valence electrons. The van der Waals surface area contributed by atoms with Crippen molar-refractivity contribution < 1.29 is 9.53 Å². The number of amides is 1. The van der Waals surface area contributed by atoms with E-state index in [1.807, 2.05) is 6.92 Å². The first-order chi connectivity index (χ1) is 8.78. The van der Waals surface area contributed by atoms with Gasteiger partial charge in [-0.1, -0.05) is 0 Å². The Labute approximate surface area is 106 Å². The first kappa shape index (κ1) is 12.6. The lowest BCUT2D eigenvalue weighted by molar-refractivity contribution is -0.120. The Kier molecular flexibility index (Phi) is 4.33. The second kappa shape index (κ2) is 6.18. The molecule has 0 unspecified atom stereocenters. The standard InChI is InChI=1S/C12H18N4O2/c1-2-18-12-7-10(14-8-15-12)13-6-5-11(17)16-9-3-4-9/h7-9H,2-6H2,1H3,(H,16,17)(H,13,14,15). The average molecular weight is 250 g/mol. The third-order valence-corrected chi connectivity index (χ3v) is 2.53. The minimum absolute atomic E-state index is 0.0871. The van der Waals surface area contributed by atoms with Gasteiger partial charge in [0.05, 0.1) is 6.61 Å². The first-order valence-electron chi connectivity index (χ1n) is 6.26. The van der Waals surface area contributed by atoms with Crippen molar-refractivity contribution in [2.75, 3.05) is 18.5 Å². The van der Waals surface area contributed by atoms with Crippen LogP contribution in [-0.2, 0) is 4.79 Å². The molecule has 1 aliphatic carbocycles. The summed E-state index contributed by atoms with van der Waals surface area (Å²) in [4.78, 5) is 19.5. The molecule has 1 saturated carbocycles. The Morgan fingerprint density at radius 2 is 2.33 bits per heavy atom. The summed E-state index contributed by atoms with van der Waals surface area (Å²) in [5.74, 6) is 1.30. The third kappa shape index (κ3) is 4.20. The maximum Gasteiger partial charge on any atom is 0.221 e. The fourth-order valence-electron chi connectivity index (χ4n) is 1.49. The number of nitrogens with one attached hydrogen (secondary N) is 2. The first-order valence-corrected chi connectivity index (χ1v) is 6.26. The van der Waals surface area contributed by atoms with Gasteiger partial charge in [-0.2, -0.15) is 0 Å². The minimum Gasteiger partial charge on any atom is -0.478 e. The van der Waals surface area contributed by atoms with E-state index in [2.05, 4.69) is 20.6 Å². The van der Waals surface area contributed by atoms with Gasteiger partial charge in [-0.15, -0.1) is 0 Å². The second-order valence-electron chi connectivity index (χ2n) is 4.19. The summed E-state index contributed by atoms with van der Waals surface area (Å²) in [6, 6.07) is 2.14. The van der Waals surface area contributed by atoms with Crippen molar-refractivity contribution in [2.24, 2.45) is 0 Å². The molecule has 0 saturated heterocycles. The third-order valence-electron chi connectivity index (χ3n) is 2.53. The number of aromatic nitrogens is 2. The molecular formula is C12H18N4O2. The Morgan fingerprint density at radius 3 is 3.06 bits per heavy atom. The van der Waals surface area contributed by atoms with Crippen LogP contribution in [0, 0.1) is 0 Å². The predicted molar refractivity (Wildman–Crippen MR) is 67.5 cm³/mol. The number of hydrogen-bond acceptors (Lipinski definition) is 5. The highest BCUT2D eigenvalue weighted by Gasteiger charge is 2.22. The molecule has 0 aromatic carbocycles. The van der Waals surface area contributed by atoms with E-state index in [9.17, 15) is 4.79 Å². The molecule has 0 atom stereocenters. The minimum atomic E-state index is 0.0871. The van der Waals surface area contributed by atoms with Gasteiger partial charge in [0.25, 0.3) is 0 Å². The van der Waals surface area contributed by atoms with Crippen LogP contribution in [0.1, 0.15) is 26.2 Å². The van der Waals surface area contributed by atoms with Gasteiger partial charge in [-0.05, 0) is 19.8 Å². The maximum absolute atomic E-state index is 11.4. The second-order valence-corrected chi connectivity index (χ2v) is 4.19. The van der Waals surface area contributed by atoms with Crippen molar-refractivity contribution >= 4 is 11.7 Å². The highest BCUT2D eigenvalue weighted by molar-refractivity contribution is 5.77. The van der Waals surface area contributed by atoms with Crippen molar-refractivity contribution in [1.82, 2.24) is 15.3 Å². The van der Waals surface area contributed by atoms with Gasteiger partial charge >= 0.3 is 0 Å². The Balaban J connectivity index is 1.71. The van der Waals surface area contributed by atoms with Crippen LogP contribution in [0.25, 0.3) is 0 Å². The van der Waals surface area contributed by atoms with E-state index >= 15 is 0 Å². The smallest absolute Gasteiger partial charge is 0.221 e. The number of carbonyl (C=O) groups excluding carboxylic acids is 1. The fraction of sp³-hybridized carbons (Fsp3) is 0.583. The summed E-state index contributed by atoms with van der Waals surface area (Å²) in [6.07, 6.45) is 4.12. The molecule has 6 heteroatoms. The SMILES string of the molecule is CCOc1cc(NCCC(=O)NC2CC2)ncn1. The van der Waals surface area contributed by atoms with E-state index < -0.39 is 0 Å². The summed E-state index contributed by atoms with van der Waals surface area (Å²) in [7, 11) is 0. The summed E-state index contributed by atoms with van der Waals surface area (Å²) in [5, 5.41) is 6.01. The molecular weight excluding hydrogens is 232 g/mol. The zero-order valence-electron chi connectivity index (χ0n) is 10.5. The van der Waals surface area contributed by atoms with E-state index in [-0.39, 0.29) is 5.91 Å². The van der Waals surface area contributed by atoms with Gasteiger partial charge in [-0.3, -0.25) is 4.79 Å². The van der Waals surface area contributed by atoms with Crippen LogP contribution < -0.4 is 15.4 Å². The van der Waals surface area contributed by atoms with Crippen LogP contribution in [0.3, 0.4) is 0 Å². The lowest BCUT2D eigenvalue weighted by Gasteiger charge is -2.07. The molecule has 2 rings (SSSR count). The zero-order valence-corrected chi connectivity index (χ0v) is 10.5. The monoisotopic (exact) mass is 250 g/mol. The molecule has 18 heavy (non-hydrogen) atoms. The average Bonchev–Trinajstić information content (AvgIpc) is 3.14. The number of anilines is 1. The highest BCUT2D eigenvalue weighted by Crippen LogP contribution is 2.18. The number of carbonyl (C=O) groups is 1. The van der Waals surface area contributed by atoms with E-state index in [0.29, 0.717) is 37.3 Å². The van der Waals surface area contributed by atoms with E-state index in [4.69, 9.17) is 4.74 Å². The summed E-state index contributed by atoms with van der Waals surface area (Å²) < 4.78 is 5.26. The van der Waals surface area contributed by atoms with Crippen LogP contribution in [0.15, 0.2) is 12.4 Å². The van der Waals surface area contributed by atoms with Gasteiger partial charge in [0.15, 0.2) is 0 Å². The fourth-order valence-corrected chi connectivity index (χ4v) is 1.49.